The zero-order valence-electron chi connectivity index (χ0n) is 12.7. The van der Waals surface area contributed by atoms with E-state index in [1.54, 1.807) is 14.1 Å². The van der Waals surface area contributed by atoms with Gasteiger partial charge in [-0.25, -0.2) is 4.79 Å². The lowest BCUT2D eigenvalue weighted by Gasteiger charge is -2.25. The van der Waals surface area contributed by atoms with Crippen molar-refractivity contribution in [2.45, 2.75) is 12.5 Å². The molecule has 9 heteroatoms. The minimum absolute atomic E-state index is 0.0402. The first-order chi connectivity index (χ1) is 10.4. The molecule has 9 nitrogen and oxygen atoms in total. The maximum atomic E-state index is 11.6. The Morgan fingerprint density at radius 3 is 2.32 bits per heavy atom. The first-order valence-electron chi connectivity index (χ1n) is 6.84. The summed E-state index contributed by atoms with van der Waals surface area (Å²) >= 11 is 0. The fraction of sp³-hybridized carbons (Fsp3) is 0.538. The van der Waals surface area contributed by atoms with Crippen molar-refractivity contribution in [3.05, 3.63) is 12.2 Å². The van der Waals surface area contributed by atoms with Crippen LogP contribution in [-0.2, 0) is 14.4 Å². The summed E-state index contributed by atoms with van der Waals surface area (Å²) in [7, 11) is 3.26. The van der Waals surface area contributed by atoms with E-state index in [1.165, 1.54) is 4.90 Å². The molecule has 0 spiro atoms. The number of amides is 5. The van der Waals surface area contributed by atoms with E-state index in [0.29, 0.717) is 0 Å². The van der Waals surface area contributed by atoms with Gasteiger partial charge in [0.1, 0.15) is 0 Å². The van der Waals surface area contributed by atoms with Gasteiger partial charge in [-0.1, -0.05) is 0 Å². The predicted molar refractivity (Wildman–Crippen MR) is 78.5 cm³/mol. The molecule has 122 valence electrons. The van der Waals surface area contributed by atoms with Crippen LogP contribution in [-0.4, -0.2) is 73.3 Å². The number of urea groups is 1. The van der Waals surface area contributed by atoms with Gasteiger partial charge in [0, 0.05) is 52.3 Å². The van der Waals surface area contributed by atoms with Crippen molar-refractivity contribution in [2.24, 2.45) is 5.73 Å². The molecule has 1 heterocycles. The monoisotopic (exact) mass is 311 g/mol. The van der Waals surface area contributed by atoms with Crippen LogP contribution >= 0.6 is 0 Å². The van der Waals surface area contributed by atoms with E-state index in [9.17, 15) is 19.2 Å². The lowest BCUT2D eigenvalue weighted by molar-refractivity contribution is -0.139. The second-order valence-electron chi connectivity index (χ2n) is 4.94. The minimum Gasteiger partial charge on any atom is -0.349 e. The smallest absolute Gasteiger partial charge is 0.314 e. The Labute approximate surface area is 128 Å². The lowest BCUT2D eigenvalue weighted by Crippen LogP contribution is -2.52. The number of nitrogens with two attached hydrogens (primary N) is 1. The molecule has 0 unspecified atom stereocenters. The highest BCUT2D eigenvalue weighted by molar-refractivity contribution is 6.13. The zero-order chi connectivity index (χ0) is 16.7. The summed E-state index contributed by atoms with van der Waals surface area (Å²) in [6, 6.07) is -1.10. The number of carbonyl (C=O) groups is 4. The second-order valence-corrected chi connectivity index (χ2v) is 4.94. The largest absolute Gasteiger partial charge is 0.349 e. The standard InChI is InChI=1S/C13H21N5O4/c1-17(2)10(19)5-6-15-13(22)16-8-9(7-14)18-11(20)3-4-12(18)21/h3-4,9H,5-8,14H2,1-2H3,(H2,15,16,22)/t9-/m0/s1. The summed E-state index contributed by atoms with van der Waals surface area (Å²) in [6.07, 6.45) is 2.52. The molecular formula is C13H21N5O4. The van der Waals surface area contributed by atoms with Gasteiger partial charge in [0.15, 0.2) is 0 Å². The predicted octanol–water partition coefficient (Wildman–Crippen LogP) is -1.98. The van der Waals surface area contributed by atoms with E-state index in [1.807, 2.05) is 0 Å². The fourth-order valence-corrected chi connectivity index (χ4v) is 1.83. The van der Waals surface area contributed by atoms with Crippen molar-refractivity contribution in [1.29, 1.82) is 0 Å². The first kappa shape index (κ1) is 17.6. The van der Waals surface area contributed by atoms with Crippen molar-refractivity contribution >= 4 is 23.8 Å². The molecule has 1 aliphatic heterocycles. The van der Waals surface area contributed by atoms with Crippen LogP contribution in [0.2, 0.25) is 0 Å². The summed E-state index contributed by atoms with van der Waals surface area (Å²) < 4.78 is 0. The van der Waals surface area contributed by atoms with E-state index in [0.717, 1.165) is 17.1 Å². The van der Waals surface area contributed by atoms with Gasteiger partial charge in [0.2, 0.25) is 5.91 Å². The van der Waals surface area contributed by atoms with Crippen LogP contribution in [0, 0.1) is 0 Å². The maximum Gasteiger partial charge on any atom is 0.314 e. The molecule has 22 heavy (non-hydrogen) atoms. The molecule has 1 rings (SSSR count). The van der Waals surface area contributed by atoms with Crippen LogP contribution in [0.3, 0.4) is 0 Å². The van der Waals surface area contributed by atoms with Crippen LogP contribution < -0.4 is 16.4 Å². The highest BCUT2D eigenvalue weighted by Gasteiger charge is 2.30. The minimum atomic E-state index is -0.607. The van der Waals surface area contributed by atoms with E-state index >= 15 is 0 Å². The Bertz CT molecular complexity index is 471. The Hall–Kier alpha value is -2.42. The molecule has 0 aromatic rings. The van der Waals surface area contributed by atoms with Gasteiger partial charge >= 0.3 is 6.03 Å². The van der Waals surface area contributed by atoms with Gasteiger partial charge in [-0.15, -0.1) is 0 Å². The summed E-state index contributed by atoms with van der Waals surface area (Å²) in [4.78, 5) is 48.4. The number of imide groups is 1. The molecule has 0 aromatic heterocycles. The van der Waals surface area contributed by atoms with Gasteiger partial charge in [-0.05, 0) is 0 Å². The van der Waals surface area contributed by atoms with Crippen LogP contribution in [0.5, 0.6) is 0 Å². The second kappa shape index (κ2) is 8.13. The first-order valence-corrected chi connectivity index (χ1v) is 6.84. The van der Waals surface area contributed by atoms with Gasteiger partial charge in [0.05, 0.1) is 6.04 Å². The summed E-state index contributed by atoms with van der Waals surface area (Å²) in [5.74, 6) is -0.988. The molecule has 0 bridgehead atoms. The fourth-order valence-electron chi connectivity index (χ4n) is 1.83. The number of carbonyl (C=O) groups excluding carboxylic acids is 4. The highest BCUT2D eigenvalue weighted by atomic mass is 16.2. The maximum absolute atomic E-state index is 11.6. The Morgan fingerprint density at radius 1 is 1.23 bits per heavy atom. The van der Waals surface area contributed by atoms with Crippen molar-refractivity contribution in [1.82, 2.24) is 20.4 Å². The molecule has 1 atom stereocenters. The van der Waals surface area contributed by atoms with Gasteiger partial charge in [-0.3, -0.25) is 19.3 Å². The van der Waals surface area contributed by atoms with E-state index in [2.05, 4.69) is 10.6 Å². The average molecular weight is 311 g/mol. The molecule has 1 aliphatic rings. The Balaban J connectivity index is 2.34. The molecular weight excluding hydrogens is 290 g/mol. The Kier molecular flexibility index (Phi) is 6.51. The molecule has 0 saturated heterocycles. The van der Waals surface area contributed by atoms with Gasteiger partial charge in [-0.2, -0.15) is 0 Å². The topological polar surface area (TPSA) is 125 Å². The molecule has 0 aromatic carbocycles. The Morgan fingerprint density at radius 2 is 1.82 bits per heavy atom. The van der Waals surface area contributed by atoms with Crippen molar-refractivity contribution in [3.8, 4) is 0 Å². The third-order valence-corrected chi connectivity index (χ3v) is 3.10. The number of hydrogen-bond acceptors (Lipinski definition) is 5. The number of rotatable bonds is 7. The summed E-state index contributed by atoms with van der Waals surface area (Å²) in [6.45, 7) is 0.279. The van der Waals surface area contributed by atoms with Gasteiger partial charge in [0.25, 0.3) is 11.8 Å². The molecule has 0 radical (unpaired) electrons. The third-order valence-electron chi connectivity index (χ3n) is 3.10. The van der Waals surface area contributed by atoms with Gasteiger partial charge < -0.3 is 21.3 Å². The van der Waals surface area contributed by atoms with Crippen molar-refractivity contribution in [3.63, 3.8) is 0 Å². The van der Waals surface area contributed by atoms with E-state index in [-0.39, 0.29) is 32.0 Å². The molecule has 5 amide bonds. The van der Waals surface area contributed by atoms with E-state index < -0.39 is 23.9 Å². The zero-order valence-corrected chi connectivity index (χ0v) is 12.7. The lowest BCUT2D eigenvalue weighted by atomic mass is 10.2. The van der Waals surface area contributed by atoms with Crippen LogP contribution in [0.15, 0.2) is 12.2 Å². The van der Waals surface area contributed by atoms with Crippen LogP contribution in [0.4, 0.5) is 4.79 Å². The molecule has 0 fully saturated rings. The molecule has 0 aliphatic carbocycles. The number of nitrogens with zero attached hydrogens (tertiary/aromatic N) is 2. The van der Waals surface area contributed by atoms with Crippen molar-refractivity contribution < 1.29 is 19.2 Å². The number of hydrogen-bond donors (Lipinski definition) is 3. The van der Waals surface area contributed by atoms with Crippen LogP contribution in [0.1, 0.15) is 6.42 Å². The van der Waals surface area contributed by atoms with Crippen LogP contribution in [0.25, 0.3) is 0 Å². The molecule has 0 saturated carbocycles. The third kappa shape index (κ3) is 4.85. The number of nitrogens with one attached hydrogen (secondary N) is 2. The normalized spacial score (nSPS) is 15.0. The quantitative estimate of drug-likeness (QED) is 0.470. The van der Waals surface area contributed by atoms with Crippen molar-refractivity contribution in [2.75, 3.05) is 33.7 Å². The average Bonchev–Trinajstić information content (AvgIpc) is 2.79. The van der Waals surface area contributed by atoms with E-state index in [4.69, 9.17) is 5.73 Å². The molecule has 4 N–H and O–H groups in total. The summed E-state index contributed by atoms with van der Waals surface area (Å²) in [5.41, 5.74) is 5.54. The highest BCUT2D eigenvalue weighted by Crippen LogP contribution is 2.07. The SMILES string of the molecule is CN(C)C(=O)CCNC(=O)NC[C@H](CN)N1C(=O)C=CC1=O. The summed E-state index contributed by atoms with van der Waals surface area (Å²) in [5, 5.41) is 5.04.